The van der Waals surface area contributed by atoms with Gasteiger partial charge in [0.15, 0.2) is 0 Å². The Bertz CT molecular complexity index is 604. The zero-order valence-electron chi connectivity index (χ0n) is 8.95. The monoisotopic (exact) mass is 372 g/mol. The first-order chi connectivity index (χ1) is 8.59. The molecule has 0 aliphatic heterocycles. The van der Waals surface area contributed by atoms with E-state index in [2.05, 4.69) is 42.2 Å². The molecule has 0 saturated heterocycles. The fourth-order valence-electron chi connectivity index (χ4n) is 1.33. The fraction of sp³-hybridized carbons (Fsp3) is 0. The second-order valence-electron chi connectivity index (χ2n) is 3.39. The van der Waals surface area contributed by atoms with Crippen molar-refractivity contribution in [2.45, 2.75) is 0 Å². The summed E-state index contributed by atoms with van der Waals surface area (Å²) in [5.74, 6) is -0.526. The number of benzene rings is 1. The third-order valence-corrected chi connectivity index (χ3v) is 3.63. The molecule has 1 heterocycles. The SMILES string of the molecule is O=C(Nc1ncccc1Br)c1cccc(F)c1Br. The Hall–Kier alpha value is -1.27. The molecule has 0 atom stereocenters. The van der Waals surface area contributed by atoms with Gasteiger partial charge >= 0.3 is 0 Å². The zero-order chi connectivity index (χ0) is 13.1. The van der Waals surface area contributed by atoms with Crippen molar-refractivity contribution in [3.8, 4) is 0 Å². The number of pyridine rings is 1. The normalized spacial score (nSPS) is 10.2. The quantitative estimate of drug-likeness (QED) is 0.864. The van der Waals surface area contributed by atoms with Gasteiger partial charge in [0.25, 0.3) is 5.91 Å². The molecule has 6 heteroatoms. The first kappa shape index (κ1) is 13.2. The summed E-state index contributed by atoms with van der Waals surface area (Å²) >= 11 is 6.31. The van der Waals surface area contributed by atoms with E-state index in [1.807, 2.05) is 0 Å². The molecular formula is C12H7Br2FN2O. The molecule has 0 radical (unpaired) electrons. The molecule has 92 valence electrons. The van der Waals surface area contributed by atoms with Gasteiger partial charge in [0, 0.05) is 6.20 Å². The number of carbonyl (C=O) groups excluding carboxylic acids is 1. The first-order valence-corrected chi connectivity index (χ1v) is 6.54. The van der Waals surface area contributed by atoms with Crippen LogP contribution in [0.3, 0.4) is 0 Å². The molecule has 0 bridgehead atoms. The maximum atomic E-state index is 13.3. The van der Waals surface area contributed by atoms with Gasteiger partial charge in [-0.25, -0.2) is 9.37 Å². The van der Waals surface area contributed by atoms with Crippen molar-refractivity contribution in [2.75, 3.05) is 5.32 Å². The number of hydrogen-bond acceptors (Lipinski definition) is 2. The van der Waals surface area contributed by atoms with Crippen molar-refractivity contribution in [3.63, 3.8) is 0 Å². The molecular weight excluding hydrogens is 367 g/mol. The van der Waals surface area contributed by atoms with E-state index in [1.165, 1.54) is 18.2 Å². The minimum atomic E-state index is -0.484. The molecule has 0 fully saturated rings. The average molecular weight is 374 g/mol. The lowest BCUT2D eigenvalue weighted by atomic mass is 10.2. The van der Waals surface area contributed by atoms with Gasteiger partial charge in [-0.2, -0.15) is 0 Å². The average Bonchev–Trinajstić information content (AvgIpc) is 2.35. The number of rotatable bonds is 2. The highest BCUT2D eigenvalue weighted by Gasteiger charge is 2.14. The zero-order valence-corrected chi connectivity index (χ0v) is 12.1. The molecule has 2 rings (SSSR count). The van der Waals surface area contributed by atoms with Crippen molar-refractivity contribution < 1.29 is 9.18 Å². The molecule has 0 aliphatic carbocycles. The summed E-state index contributed by atoms with van der Waals surface area (Å²) in [6.45, 7) is 0. The maximum Gasteiger partial charge on any atom is 0.258 e. The molecule has 0 aliphatic rings. The van der Waals surface area contributed by atoms with E-state index in [0.717, 1.165) is 0 Å². The lowest BCUT2D eigenvalue weighted by molar-refractivity contribution is 0.102. The molecule has 3 nitrogen and oxygen atoms in total. The highest BCUT2D eigenvalue weighted by molar-refractivity contribution is 9.11. The van der Waals surface area contributed by atoms with E-state index in [0.29, 0.717) is 10.3 Å². The van der Waals surface area contributed by atoms with Crippen LogP contribution < -0.4 is 5.32 Å². The number of halogens is 3. The minimum Gasteiger partial charge on any atom is -0.306 e. The predicted octanol–water partition coefficient (Wildman–Crippen LogP) is 4.00. The highest BCUT2D eigenvalue weighted by atomic mass is 79.9. The molecule has 1 N–H and O–H groups in total. The minimum absolute atomic E-state index is 0.134. The molecule has 18 heavy (non-hydrogen) atoms. The number of aromatic nitrogens is 1. The van der Waals surface area contributed by atoms with E-state index in [-0.39, 0.29) is 10.0 Å². The Kier molecular flexibility index (Phi) is 4.08. The number of nitrogens with zero attached hydrogens (tertiary/aromatic N) is 1. The Morgan fingerprint density at radius 3 is 2.72 bits per heavy atom. The van der Waals surface area contributed by atoms with Crippen LogP contribution in [-0.4, -0.2) is 10.9 Å². The van der Waals surface area contributed by atoms with Gasteiger partial charge in [-0.1, -0.05) is 6.07 Å². The van der Waals surface area contributed by atoms with Crippen LogP contribution in [0.15, 0.2) is 45.5 Å². The van der Waals surface area contributed by atoms with Crippen LogP contribution in [0, 0.1) is 5.82 Å². The van der Waals surface area contributed by atoms with Gasteiger partial charge in [-0.15, -0.1) is 0 Å². The maximum absolute atomic E-state index is 13.3. The lowest BCUT2D eigenvalue weighted by Gasteiger charge is -2.07. The van der Waals surface area contributed by atoms with Gasteiger partial charge in [-0.05, 0) is 56.1 Å². The third-order valence-electron chi connectivity index (χ3n) is 2.19. The molecule has 1 amide bonds. The lowest BCUT2D eigenvalue weighted by Crippen LogP contribution is -2.14. The Labute approximate surface area is 120 Å². The standard InChI is InChI=1S/C12H7Br2FN2O/c13-8-4-2-6-16-11(8)17-12(18)7-3-1-5-9(15)10(7)14/h1-6H,(H,16,17,18). The Morgan fingerprint density at radius 2 is 2.00 bits per heavy atom. The highest BCUT2D eigenvalue weighted by Crippen LogP contribution is 2.23. The van der Waals surface area contributed by atoms with Crippen LogP contribution in [0.5, 0.6) is 0 Å². The van der Waals surface area contributed by atoms with Gasteiger partial charge in [-0.3, -0.25) is 4.79 Å². The van der Waals surface area contributed by atoms with Crippen LogP contribution in [0.4, 0.5) is 10.2 Å². The Morgan fingerprint density at radius 1 is 1.22 bits per heavy atom. The van der Waals surface area contributed by atoms with Gasteiger partial charge in [0.05, 0.1) is 14.5 Å². The second-order valence-corrected chi connectivity index (χ2v) is 5.04. The summed E-state index contributed by atoms with van der Waals surface area (Å²) in [6.07, 6.45) is 1.56. The van der Waals surface area contributed by atoms with E-state index < -0.39 is 11.7 Å². The summed E-state index contributed by atoms with van der Waals surface area (Å²) in [5.41, 5.74) is 0.215. The Balaban J connectivity index is 2.28. The van der Waals surface area contributed by atoms with Crippen LogP contribution in [0.1, 0.15) is 10.4 Å². The van der Waals surface area contributed by atoms with Crippen molar-refractivity contribution >= 4 is 43.6 Å². The summed E-state index contributed by atoms with van der Waals surface area (Å²) in [5, 5.41) is 2.60. The van der Waals surface area contributed by atoms with E-state index in [4.69, 9.17) is 0 Å². The summed E-state index contributed by atoms with van der Waals surface area (Å²) in [6, 6.07) is 7.76. The second kappa shape index (κ2) is 5.58. The largest absolute Gasteiger partial charge is 0.306 e. The first-order valence-electron chi connectivity index (χ1n) is 4.95. The van der Waals surface area contributed by atoms with E-state index >= 15 is 0 Å². The third kappa shape index (κ3) is 2.76. The fourth-order valence-corrected chi connectivity index (χ4v) is 2.13. The van der Waals surface area contributed by atoms with E-state index in [9.17, 15) is 9.18 Å². The number of nitrogens with one attached hydrogen (secondary N) is 1. The van der Waals surface area contributed by atoms with Crippen LogP contribution in [-0.2, 0) is 0 Å². The molecule has 0 saturated carbocycles. The molecule has 0 spiro atoms. The topological polar surface area (TPSA) is 42.0 Å². The van der Waals surface area contributed by atoms with Crippen LogP contribution >= 0.6 is 31.9 Å². The van der Waals surface area contributed by atoms with Crippen molar-refractivity contribution in [1.82, 2.24) is 4.98 Å². The summed E-state index contributed by atoms with van der Waals surface area (Å²) in [4.78, 5) is 16.0. The smallest absolute Gasteiger partial charge is 0.258 e. The number of amides is 1. The summed E-state index contributed by atoms with van der Waals surface area (Å²) < 4.78 is 14.1. The molecule has 1 aromatic heterocycles. The van der Waals surface area contributed by atoms with Crippen LogP contribution in [0.2, 0.25) is 0 Å². The van der Waals surface area contributed by atoms with E-state index in [1.54, 1.807) is 18.3 Å². The predicted molar refractivity (Wildman–Crippen MR) is 74.0 cm³/mol. The van der Waals surface area contributed by atoms with Gasteiger partial charge < -0.3 is 5.32 Å². The number of anilines is 1. The van der Waals surface area contributed by atoms with Crippen molar-refractivity contribution in [2.24, 2.45) is 0 Å². The van der Waals surface area contributed by atoms with Gasteiger partial charge in [0.2, 0.25) is 0 Å². The number of hydrogen-bond donors (Lipinski definition) is 1. The van der Waals surface area contributed by atoms with Crippen molar-refractivity contribution in [3.05, 3.63) is 56.9 Å². The van der Waals surface area contributed by atoms with Gasteiger partial charge in [0.1, 0.15) is 11.6 Å². The van der Waals surface area contributed by atoms with Crippen molar-refractivity contribution in [1.29, 1.82) is 0 Å². The summed E-state index contributed by atoms with van der Waals surface area (Å²) in [7, 11) is 0. The van der Waals surface area contributed by atoms with Crippen LogP contribution in [0.25, 0.3) is 0 Å². The number of carbonyl (C=O) groups is 1. The molecule has 1 aromatic carbocycles. The molecule has 0 unspecified atom stereocenters. The molecule has 2 aromatic rings.